The summed E-state index contributed by atoms with van der Waals surface area (Å²) in [5.41, 5.74) is 8.57. The van der Waals surface area contributed by atoms with Crippen molar-refractivity contribution >= 4 is 15.8 Å². The third-order valence-electron chi connectivity index (χ3n) is 4.01. The van der Waals surface area contributed by atoms with E-state index in [9.17, 15) is 0 Å². The Bertz CT molecular complexity index is 3570. The summed E-state index contributed by atoms with van der Waals surface area (Å²) in [5, 5.41) is 0. The van der Waals surface area contributed by atoms with Crippen molar-refractivity contribution in [2.75, 3.05) is 0 Å². The zero-order valence-electron chi connectivity index (χ0n) is 33.0. The topological polar surface area (TPSA) is 0 Å². The summed E-state index contributed by atoms with van der Waals surface area (Å²) in [6.07, 6.45) is 0. The van der Waals surface area contributed by atoms with Crippen LogP contribution in [0.2, 0.25) is 0 Å². The fraction of sp³-hybridized carbons (Fsp3) is 0.0323. The summed E-state index contributed by atoms with van der Waals surface area (Å²) in [6, 6.07) is 0. The van der Waals surface area contributed by atoms with Crippen LogP contribution in [0.1, 0.15) is 13.8 Å². The highest BCUT2D eigenvalue weighted by molar-refractivity contribution is 7.72. The van der Waals surface area contributed by atoms with Gasteiger partial charge in [-0.05, 0) is 315 Å². The van der Waals surface area contributed by atoms with Gasteiger partial charge in [0.15, 0.2) is 7.85 Å². The monoisotopic (exact) mass is 792 g/mol. The summed E-state index contributed by atoms with van der Waals surface area (Å²) >= 11 is 0. The molecule has 0 unspecified atom stereocenters. The van der Waals surface area contributed by atoms with Gasteiger partial charge in [-0.3, -0.25) is 0 Å². The molecule has 0 aliphatic heterocycles. The van der Waals surface area contributed by atoms with Crippen LogP contribution in [-0.4, -0.2) is 7.85 Å². The zero-order valence-corrected chi connectivity index (χ0v) is 33.9. The molecule has 0 N–H and O–H groups in total. The highest BCUT2D eigenvalue weighted by Crippen LogP contribution is 2.29. The second kappa shape index (κ2) is 48.3. The molecule has 0 rings (SSSR count). The van der Waals surface area contributed by atoms with Crippen molar-refractivity contribution in [2.45, 2.75) is 13.8 Å². The Morgan fingerprint density at radius 2 is 0.297 bits per heavy atom. The minimum Gasteiger partial charge on any atom is -0.158 e. The van der Waals surface area contributed by atoms with Crippen molar-refractivity contribution in [3.63, 3.8) is 0 Å². The largest absolute Gasteiger partial charge is 0.189 e. The Morgan fingerprint density at radius 3 is 0.438 bits per heavy atom. The highest BCUT2D eigenvalue weighted by Gasteiger charge is 1.91. The predicted octanol–water partition coefficient (Wildman–Crippen LogP) is 1.61. The van der Waals surface area contributed by atoms with Gasteiger partial charge in [0.05, 0.1) is 0 Å². The van der Waals surface area contributed by atoms with E-state index in [4.69, 9.17) is 7.85 Å². The second-order valence-corrected chi connectivity index (χ2v) is 9.41. The fourth-order valence-corrected chi connectivity index (χ4v) is 2.67. The van der Waals surface area contributed by atoms with Crippen LogP contribution in [0.25, 0.3) is 0 Å². The van der Waals surface area contributed by atoms with E-state index in [0.717, 1.165) is 0 Å². The Balaban J connectivity index is 5.82. The first-order chi connectivity index (χ1) is 31.8. The SMILES string of the molecule is [B]C#CC#CC#CC#CC#CC#CC#CC#CC#CC#CP(C#CC#CC#CC#CC#CC#CC#CC#CC#CC#CC)C#CC#CC#CC#CC#CC#CC#CC#CC#CC#CC. The van der Waals surface area contributed by atoms with Crippen LogP contribution in [0.15, 0.2) is 0 Å². The van der Waals surface area contributed by atoms with E-state index in [2.05, 4.69) is 354 Å². The summed E-state index contributed by atoms with van der Waals surface area (Å²) in [5.74, 6) is 144. The summed E-state index contributed by atoms with van der Waals surface area (Å²) < 4.78 is 0. The quantitative estimate of drug-likeness (QED) is 0.199. The molecule has 0 heterocycles. The normalized spacial score (nSPS) is 4.30. The molecule has 0 nitrogen and oxygen atoms in total. The molecule has 2 heteroatoms. The van der Waals surface area contributed by atoms with Gasteiger partial charge in [0.2, 0.25) is 0 Å². The molecule has 0 aliphatic carbocycles. The standard InChI is InChI=1S/C62H6BP/c1-3-5-7-9-11-13-15-17-19-21-24-28-32-36-40-44-48-52-56-60-64(61-57-53-49-45-41-37-33-29-25-22-20-18-16-14-12-10-8-6-4-2)62-58-54-50-46-42-38-34-30-26-23-27-31-35-39-43-47-51-55-59-63/h1-2H3. The van der Waals surface area contributed by atoms with E-state index in [-0.39, 0.29) is 0 Å². The van der Waals surface area contributed by atoms with Crippen LogP contribution in [0.3, 0.4) is 0 Å². The lowest BCUT2D eigenvalue weighted by Crippen LogP contribution is -1.62. The molecule has 2 radical (unpaired) electrons. The van der Waals surface area contributed by atoms with Gasteiger partial charge in [0, 0.05) is 35.5 Å². The first-order valence-electron chi connectivity index (χ1n) is 16.2. The van der Waals surface area contributed by atoms with E-state index < -0.39 is 7.92 Å². The smallest absolute Gasteiger partial charge is 0.158 e. The van der Waals surface area contributed by atoms with Gasteiger partial charge < -0.3 is 0 Å². The maximum Gasteiger partial charge on any atom is 0.189 e. The molecule has 0 aromatic carbocycles. The van der Waals surface area contributed by atoms with Crippen LogP contribution in [0.4, 0.5) is 0 Å². The van der Waals surface area contributed by atoms with Crippen molar-refractivity contribution in [2.24, 2.45) is 0 Å². The van der Waals surface area contributed by atoms with Gasteiger partial charge in [-0.1, -0.05) is 11.8 Å². The lowest BCUT2D eigenvalue weighted by molar-refractivity contribution is 1.92. The molecule has 0 amide bonds. The molecule has 0 atom stereocenters. The predicted molar refractivity (Wildman–Crippen MR) is 257 cm³/mol. The molecule has 0 aliphatic rings. The van der Waals surface area contributed by atoms with Crippen molar-refractivity contribution < 1.29 is 0 Å². The van der Waals surface area contributed by atoms with E-state index in [1.807, 2.05) is 0 Å². The van der Waals surface area contributed by atoms with Crippen LogP contribution < -0.4 is 0 Å². The summed E-state index contributed by atoms with van der Waals surface area (Å²) in [7, 11) is 3.47. The maximum atomic E-state index is 4.97. The molecule has 0 saturated heterocycles. The van der Waals surface area contributed by atoms with Crippen molar-refractivity contribution in [3.8, 4) is 354 Å². The van der Waals surface area contributed by atoms with Crippen LogP contribution in [0.5, 0.6) is 0 Å². The van der Waals surface area contributed by atoms with E-state index >= 15 is 0 Å². The van der Waals surface area contributed by atoms with Gasteiger partial charge >= 0.3 is 0 Å². The van der Waals surface area contributed by atoms with E-state index in [1.165, 1.54) is 0 Å². The van der Waals surface area contributed by atoms with Crippen molar-refractivity contribution in [3.05, 3.63) is 0 Å². The van der Waals surface area contributed by atoms with Gasteiger partial charge in [0.25, 0.3) is 0 Å². The number of rotatable bonds is 0. The van der Waals surface area contributed by atoms with Crippen LogP contribution in [0, 0.1) is 354 Å². The molecule has 64 heavy (non-hydrogen) atoms. The lowest BCUT2D eigenvalue weighted by Gasteiger charge is -1.84. The number of hydrogen-bond acceptors (Lipinski definition) is 0. The third kappa shape index (κ3) is 45.5. The van der Waals surface area contributed by atoms with Gasteiger partial charge in [0.1, 0.15) is 7.92 Å². The Labute approximate surface area is 382 Å². The number of hydrogen-bond donors (Lipinski definition) is 0. The van der Waals surface area contributed by atoms with Crippen molar-refractivity contribution in [1.82, 2.24) is 0 Å². The summed E-state index contributed by atoms with van der Waals surface area (Å²) in [6.45, 7) is 3.36. The third-order valence-corrected chi connectivity index (χ3v) is 5.02. The minimum absolute atomic E-state index is 1.50. The van der Waals surface area contributed by atoms with E-state index in [0.29, 0.717) is 0 Å². The Hall–Kier alpha value is -12.7. The lowest BCUT2D eigenvalue weighted by atomic mass is 10.2. The second-order valence-electron chi connectivity index (χ2n) is 8.07. The fourth-order valence-electron chi connectivity index (χ4n) is 2.00. The molecule has 0 saturated carbocycles. The average Bonchev–Trinajstić information content (AvgIpc) is 3.30. The van der Waals surface area contributed by atoms with Gasteiger partial charge in [-0.25, -0.2) is 0 Å². The molecule has 0 spiro atoms. The van der Waals surface area contributed by atoms with E-state index in [1.54, 1.807) is 13.8 Å². The maximum absolute atomic E-state index is 4.97. The highest BCUT2D eigenvalue weighted by atomic mass is 31.1. The van der Waals surface area contributed by atoms with Crippen LogP contribution in [-0.2, 0) is 0 Å². The van der Waals surface area contributed by atoms with Gasteiger partial charge in [-0.2, -0.15) is 5.82 Å². The van der Waals surface area contributed by atoms with Crippen molar-refractivity contribution in [1.29, 1.82) is 0 Å². The first kappa shape index (κ1) is 51.3. The first-order valence-corrected chi connectivity index (χ1v) is 17.6. The molecule has 0 aromatic rings. The Morgan fingerprint density at radius 1 is 0.172 bits per heavy atom. The molecule has 0 bridgehead atoms. The average molecular weight is 793 g/mol. The summed E-state index contributed by atoms with van der Waals surface area (Å²) in [4.78, 5) is 0. The molecular weight excluding hydrogens is 786 g/mol. The molecular formula is C62H6BP. The Kier molecular flexibility index (Phi) is 38.7. The molecule has 0 fully saturated rings. The van der Waals surface area contributed by atoms with Gasteiger partial charge in [-0.15, -0.1) is 0 Å². The molecule has 0 aromatic heterocycles. The minimum atomic E-state index is -1.50. The van der Waals surface area contributed by atoms with Crippen LogP contribution >= 0.6 is 7.92 Å². The molecule has 262 valence electrons. The zero-order chi connectivity index (χ0) is 46.0.